The number of hydrogen-bond donors (Lipinski definition) is 1. The van der Waals surface area contributed by atoms with E-state index >= 15 is 0 Å². The molecule has 2 fully saturated rings. The minimum atomic E-state index is 0.209. The Balaban J connectivity index is 1.65. The SMILES string of the molecule is O=C1NCC[C@@H]2CN(Cc3ccoc3)C[C@@H]12. The van der Waals surface area contributed by atoms with E-state index in [0.29, 0.717) is 5.92 Å². The van der Waals surface area contributed by atoms with E-state index in [2.05, 4.69) is 10.2 Å². The molecule has 3 rings (SSSR count). The van der Waals surface area contributed by atoms with Crippen LogP contribution in [0.5, 0.6) is 0 Å². The van der Waals surface area contributed by atoms with Gasteiger partial charge in [0.15, 0.2) is 0 Å². The lowest BCUT2D eigenvalue weighted by atomic mass is 9.89. The third kappa shape index (κ3) is 1.73. The molecule has 0 aliphatic carbocycles. The van der Waals surface area contributed by atoms with Crippen LogP contribution in [-0.4, -0.2) is 30.4 Å². The van der Waals surface area contributed by atoms with Gasteiger partial charge in [0, 0.05) is 31.7 Å². The molecule has 0 bridgehead atoms. The van der Waals surface area contributed by atoms with Gasteiger partial charge < -0.3 is 9.73 Å². The number of nitrogens with one attached hydrogen (secondary N) is 1. The lowest BCUT2D eigenvalue weighted by molar-refractivity contribution is -0.127. The second-order valence-electron chi connectivity index (χ2n) is 4.77. The number of nitrogens with zero attached hydrogens (tertiary/aromatic N) is 1. The first-order chi connectivity index (χ1) is 7.83. The van der Waals surface area contributed by atoms with Gasteiger partial charge in [-0.1, -0.05) is 0 Å². The first-order valence-electron chi connectivity index (χ1n) is 5.84. The molecule has 0 radical (unpaired) electrons. The molecule has 4 heteroatoms. The van der Waals surface area contributed by atoms with Gasteiger partial charge in [-0.15, -0.1) is 0 Å². The second-order valence-corrected chi connectivity index (χ2v) is 4.77. The van der Waals surface area contributed by atoms with Gasteiger partial charge in [-0.05, 0) is 18.4 Å². The number of likely N-dealkylation sites (tertiary alicyclic amines) is 1. The summed E-state index contributed by atoms with van der Waals surface area (Å²) >= 11 is 0. The third-order valence-electron chi connectivity index (χ3n) is 3.65. The maximum atomic E-state index is 11.7. The molecular weight excluding hydrogens is 204 g/mol. The van der Waals surface area contributed by atoms with Crippen LogP contribution in [-0.2, 0) is 11.3 Å². The van der Waals surface area contributed by atoms with Gasteiger partial charge in [0.05, 0.1) is 18.4 Å². The van der Waals surface area contributed by atoms with Crippen LogP contribution in [0.3, 0.4) is 0 Å². The van der Waals surface area contributed by atoms with Gasteiger partial charge in [0.1, 0.15) is 0 Å². The highest BCUT2D eigenvalue weighted by molar-refractivity contribution is 5.80. The number of piperidine rings is 1. The Morgan fingerprint density at radius 3 is 3.19 bits per heavy atom. The molecule has 1 amide bonds. The number of carbonyl (C=O) groups excluding carboxylic acids is 1. The summed E-state index contributed by atoms with van der Waals surface area (Å²) in [5.41, 5.74) is 1.19. The van der Waals surface area contributed by atoms with Crippen molar-refractivity contribution in [2.75, 3.05) is 19.6 Å². The first-order valence-corrected chi connectivity index (χ1v) is 5.84. The number of hydrogen-bond acceptors (Lipinski definition) is 3. The second kappa shape index (κ2) is 3.94. The Labute approximate surface area is 94.6 Å². The third-order valence-corrected chi connectivity index (χ3v) is 3.65. The van der Waals surface area contributed by atoms with Crippen molar-refractivity contribution in [3.63, 3.8) is 0 Å². The van der Waals surface area contributed by atoms with Gasteiger partial charge in [0.25, 0.3) is 0 Å². The summed E-state index contributed by atoms with van der Waals surface area (Å²) in [5, 5.41) is 2.95. The van der Waals surface area contributed by atoms with Crippen molar-refractivity contribution in [1.82, 2.24) is 10.2 Å². The molecule has 0 spiro atoms. The zero-order valence-corrected chi connectivity index (χ0v) is 9.19. The van der Waals surface area contributed by atoms with Crippen molar-refractivity contribution in [3.05, 3.63) is 24.2 Å². The highest BCUT2D eigenvalue weighted by Crippen LogP contribution is 2.29. The van der Waals surface area contributed by atoms with E-state index in [1.54, 1.807) is 12.5 Å². The fourth-order valence-corrected chi connectivity index (χ4v) is 2.83. The van der Waals surface area contributed by atoms with Crippen LogP contribution in [0, 0.1) is 11.8 Å². The molecule has 0 aromatic carbocycles. The van der Waals surface area contributed by atoms with Crippen LogP contribution in [0.4, 0.5) is 0 Å². The molecule has 16 heavy (non-hydrogen) atoms. The van der Waals surface area contributed by atoms with E-state index in [4.69, 9.17) is 4.42 Å². The van der Waals surface area contributed by atoms with Gasteiger partial charge in [-0.2, -0.15) is 0 Å². The van der Waals surface area contributed by atoms with Gasteiger partial charge in [-0.3, -0.25) is 9.69 Å². The topological polar surface area (TPSA) is 45.5 Å². The Morgan fingerprint density at radius 2 is 2.44 bits per heavy atom. The monoisotopic (exact) mass is 220 g/mol. The summed E-state index contributed by atoms with van der Waals surface area (Å²) in [4.78, 5) is 14.0. The Hall–Kier alpha value is -1.29. The van der Waals surface area contributed by atoms with Gasteiger partial charge in [0.2, 0.25) is 5.91 Å². The zero-order chi connectivity index (χ0) is 11.0. The molecular formula is C12H16N2O2. The fraction of sp³-hybridized carbons (Fsp3) is 0.583. The lowest BCUT2D eigenvalue weighted by Crippen LogP contribution is -2.41. The number of fused-ring (bicyclic) bond motifs is 1. The van der Waals surface area contributed by atoms with Gasteiger partial charge >= 0.3 is 0 Å². The average molecular weight is 220 g/mol. The summed E-state index contributed by atoms with van der Waals surface area (Å²) in [6, 6.07) is 1.99. The van der Waals surface area contributed by atoms with E-state index in [9.17, 15) is 4.79 Å². The number of rotatable bonds is 2. The first kappa shape index (κ1) is 9.90. The van der Waals surface area contributed by atoms with Crippen molar-refractivity contribution in [2.24, 2.45) is 11.8 Å². The van der Waals surface area contributed by atoms with Crippen LogP contribution < -0.4 is 5.32 Å². The van der Waals surface area contributed by atoms with Crippen LogP contribution in [0.2, 0.25) is 0 Å². The van der Waals surface area contributed by atoms with Gasteiger partial charge in [-0.25, -0.2) is 0 Å². The molecule has 1 N–H and O–H groups in total. The highest BCUT2D eigenvalue weighted by Gasteiger charge is 2.39. The fourth-order valence-electron chi connectivity index (χ4n) is 2.83. The minimum Gasteiger partial charge on any atom is -0.472 e. The number of amides is 1. The largest absolute Gasteiger partial charge is 0.472 e. The molecule has 86 valence electrons. The molecule has 2 aliphatic heterocycles. The molecule has 1 aromatic rings. The zero-order valence-electron chi connectivity index (χ0n) is 9.19. The summed E-state index contributed by atoms with van der Waals surface area (Å²) in [6.45, 7) is 3.68. The average Bonchev–Trinajstić information content (AvgIpc) is 2.88. The van der Waals surface area contributed by atoms with Crippen molar-refractivity contribution in [1.29, 1.82) is 0 Å². The Morgan fingerprint density at radius 1 is 1.50 bits per heavy atom. The summed E-state index contributed by atoms with van der Waals surface area (Å²) in [7, 11) is 0. The predicted octanol–water partition coefficient (Wildman–Crippen LogP) is 0.847. The van der Waals surface area contributed by atoms with E-state index in [1.165, 1.54) is 5.56 Å². The lowest BCUT2D eigenvalue weighted by Gasteiger charge is -2.23. The molecule has 2 aliphatic rings. The molecule has 4 nitrogen and oxygen atoms in total. The molecule has 0 saturated carbocycles. The normalized spacial score (nSPS) is 30.1. The molecule has 2 saturated heterocycles. The maximum Gasteiger partial charge on any atom is 0.224 e. The molecule has 1 aromatic heterocycles. The molecule has 0 unspecified atom stereocenters. The van der Waals surface area contributed by atoms with Crippen LogP contribution in [0.15, 0.2) is 23.0 Å². The minimum absolute atomic E-state index is 0.209. The standard InChI is InChI=1S/C12H16N2O2/c15-12-11-7-14(5-9-2-4-16-8-9)6-10(11)1-3-13-12/h2,4,8,10-11H,1,3,5-7H2,(H,13,15)/t10-,11-/m1/s1. The Kier molecular flexibility index (Phi) is 2.44. The summed E-state index contributed by atoms with van der Waals surface area (Å²) in [5.74, 6) is 1.01. The molecule has 2 atom stereocenters. The van der Waals surface area contributed by atoms with Crippen LogP contribution in [0.25, 0.3) is 0 Å². The summed E-state index contributed by atoms with van der Waals surface area (Å²) < 4.78 is 5.06. The van der Waals surface area contributed by atoms with Crippen LogP contribution in [0.1, 0.15) is 12.0 Å². The van der Waals surface area contributed by atoms with E-state index in [1.807, 2.05) is 6.07 Å². The van der Waals surface area contributed by atoms with Crippen molar-refractivity contribution < 1.29 is 9.21 Å². The number of carbonyl (C=O) groups is 1. The van der Waals surface area contributed by atoms with E-state index < -0.39 is 0 Å². The van der Waals surface area contributed by atoms with Crippen LogP contribution >= 0.6 is 0 Å². The smallest absolute Gasteiger partial charge is 0.224 e. The Bertz CT molecular complexity index is 374. The van der Waals surface area contributed by atoms with E-state index in [-0.39, 0.29) is 11.8 Å². The van der Waals surface area contributed by atoms with Crippen molar-refractivity contribution in [3.8, 4) is 0 Å². The molecule has 3 heterocycles. The summed E-state index contributed by atoms with van der Waals surface area (Å²) in [6.07, 6.45) is 4.60. The van der Waals surface area contributed by atoms with Crippen molar-refractivity contribution >= 4 is 5.91 Å². The predicted molar refractivity (Wildman–Crippen MR) is 58.6 cm³/mol. The maximum absolute atomic E-state index is 11.7. The van der Waals surface area contributed by atoms with Crippen molar-refractivity contribution in [2.45, 2.75) is 13.0 Å². The quantitative estimate of drug-likeness (QED) is 0.803. The van der Waals surface area contributed by atoms with E-state index in [0.717, 1.165) is 32.6 Å². The highest BCUT2D eigenvalue weighted by atomic mass is 16.3. The number of furan rings is 1.